The van der Waals surface area contributed by atoms with Crippen molar-refractivity contribution in [3.8, 4) is 6.07 Å². The van der Waals surface area contributed by atoms with Crippen molar-refractivity contribution in [3.63, 3.8) is 0 Å². The number of carbonyl (C=O) groups is 1. The summed E-state index contributed by atoms with van der Waals surface area (Å²) in [6.07, 6.45) is 0. The first-order chi connectivity index (χ1) is 7.20. The van der Waals surface area contributed by atoms with Crippen LogP contribution in [0.15, 0.2) is 0 Å². The van der Waals surface area contributed by atoms with Gasteiger partial charge in [0.25, 0.3) is 0 Å². The van der Waals surface area contributed by atoms with Gasteiger partial charge in [0.1, 0.15) is 5.92 Å². The second kappa shape index (κ2) is 5.89. The molecule has 0 spiro atoms. The smallest absolute Gasteiger partial charge is 0.237 e. The molecule has 3 heteroatoms. The van der Waals surface area contributed by atoms with Crippen molar-refractivity contribution in [2.45, 2.75) is 41.5 Å². The van der Waals surface area contributed by atoms with E-state index in [4.69, 9.17) is 5.26 Å². The van der Waals surface area contributed by atoms with Crippen molar-refractivity contribution in [2.24, 2.45) is 23.2 Å². The van der Waals surface area contributed by atoms with E-state index in [0.29, 0.717) is 12.5 Å². The summed E-state index contributed by atoms with van der Waals surface area (Å²) >= 11 is 0. The Balaban J connectivity index is 4.23. The van der Waals surface area contributed by atoms with Gasteiger partial charge in [-0.15, -0.1) is 0 Å². The van der Waals surface area contributed by atoms with Crippen LogP contribution in [0.1, 0.15) is 41.5 Å². The first kappa shape index (κ1) is 15.0. The Kier molecular flexibility index (Phi) is 5.50. The lowest BCUT2D eigenvalue weighted by molar-refractivity contribution is -0.124. The number of hydrogen-bond donors (Lipinski definition) is 1. The molecule has 1 amide bonds. The second-order valence-corrected chi connectivity index (χ2v) is 5.86. The van der Waals surface area contributed by atoms with Crippen molar-refractivity contribution in [2.75, 3.05) is 6.54 Å². The van der Waals surface area contributed by atoms with Crippen LogP contribution in [0.4, 0.5) is 0 Å². The molecule has 0 aliphatic heterocycles. The highest BCUT2D eigenvalue weighted by atomic mass is 16.1. The van der Waals surface area contributed by atoms with Crippen molar-refractivity contribution in [1.82, 2.24) is 5.32 Å². The number of nitriles is 1. The maximum Gasteiger partial charge on any atom is 0.237 e. The average Bonchev–Trinajstić information content (AvgIpc) is 2.12. The average molecular weight is 224 g/mol. The molecule has 0 saturated carbocycles. The third-order valence-electron chi connectivity index (χ3n) is 3.15. The maximum atomic E-state index is 11.7. The Morgan fingerprint density at radius 1 is 1.31 bits per heavy atom. The molecule has 16 heavy (non-hydrogen) atoms. The van der Waals surface area contributed by atoms with Gasteiger partial charge in [0.2, 0.25) is 5.91 Å². The highest BCUT2D eigenvalue weighted by Crippen LogP contribution is 2.24. The van der Waals surface area contributed by atoms with Crippen molar-refractivity contribution >= 4 is 5.91 Å². The number of hydrogen-bond acceptors (Lipinski definition) is 2. The molecule has 0 aromatic heterocycles. The summed E-state index contributed by atoms with van der Waals surface area (Å²) < 4.78 is 0. The Morgan fingerprint density at radius 3 is 2.12 bits per heavy atom. The summed E-state index contributed by atoms with van der Waals surface area (Å²) in [5.74, 6) is -0.223. The Morgan fingerprint density at radius 2 is 1.81 bits per heavy atom. The predicted octanol–water partition coefficient (Wildman–Crippen LogP) is 2.58. The van der Waals surface area contributed by atoms with E-state index in [1.807, 2.05) is 13.8 Å². The SMILES string of the molecule is CC(C)C(C#N)C(=O)NCC(C)C(C)(C)C. The fourth-order valence-corrected chi connectivity index (χ4v) is 1.18. The first-order valence-corrected chi connectivity index (χ1v) is 5.87. The zero-order valence-corrected chi connectivity index (χ0v) is 11.3. The first-order valence-electron chi connectivity index (χ1n) is 5.87. The fraction of sp³-hybridized carbons (Fsp3) is 0.846. The van der Waals surface area contributed by atoms with Crippen LogP contribution >= 0.6 is 0 Å². The zero-order valence-electron chi connectivity index (χ0n) is 11.3. The van der Waals surface area contributed by atoms with Gasteiger partial charge in [-0.3, -0.25) is 4.79 Å². The molecule has 2 atom stereocenters. The van der Waals surface area contributed by atoms with Crippen LogP contribution in [0, 0.1) is 34.5 Å². The van der Waals surface area contributed by atoms with Gasteiger partial charge >= 0.3 is 0 Å². The van der Waals surface area contributed by atoms with E-state index in [9.17, 15) is 4.79 Å². The molecule has 0 aromatic rings. The van der Waals surface area contributed by atoms with Gasteiger partial charge in [-0.25, -0.2) is 0 Å². The molecule has 1 N–H and O–H groups in total. The molecule has 92 valence electrons. The van der Waals surface area contributed by atoms with Gasteiger partial charge in [0.15, 0.2) is 0 Å². The summed E-state index contributed by atoms with van der Waals surface area (Å²) in [6, 6.07) is 2.05. The van der Waals surface area contributed by atoms with E-state index in [-0.39, 0.29) is 17.2 Å². The minimum atomic E-state index is -0.535. The fourth-order valence-electron chi connectivity index (χ4n) is 1.18. The van der Waals surface area contributed by atoms with E-state index in [2.05, 4.69) is 39.1 Å². The number of carbonyl (C=O) groups excluding carboxylic acids is 1. The number of rotatable bonds is 4. The monoisotopic (exact) mass is 224 g/mol. The zero-order chi connectivity index (χ0) is 12.9. The molecular formula is C13H24N2O. The third-order valence-corrected chi connectivity index (χ3v) is 3.15. The third kappa shape index (κ3) is 4.65. The Labute approximate surface area is 99.2 Å². The Bertz CT molecular complexity index is 271. The summed E-state index contributed by atoms with van der Waals surface area (Å²) in [4.78, 5) is 11.7. The molecule has 2 unspecified atom stereocenters. The van der Waals surface area contributed by atoms with Crippen molar-refractivity contribution < 1.29 is 4.79 Å². The van der Waals surface area contributed by atoms with E-state index >= 15 is 0 Å². The minimum Gasteiger partial charge on any atom is -0.355 e. The van der Waals surface area contributed by atoms with E-state index < -0.39 is 5.92 Å². The van der Waals surface area contributed by atoms with Gasteiger partial charge in [-0.2, -0.15) is 5.26 Å². The van der Waals surface area contributed by atoms with E-state index in [1.165, 1.54) is 0 Å². The van der Waals surface area contributed by atoms with Gasteiger partial charge < -0.3 is 5.32 Å². The van der Waals surface area contributed by atoms with E-state index in [0.717, 1.165) is 0 Å². The molecule has 0 fully saturated rings. The van der Waals surface area contributed by atoms with Crippen LogP contribution in [0.3, 0.4) is 0 Å². The molecule has 0 rings (SSSR count). The van der Waals surface area contributed by atoms with Crippen LogP contribution < -0.4 is 5.32 Å². The van der Waals surface area contributed by atoms with Crippen LogP contribution in [0.25, 0.3) is 0 Å². The highest BCUT2D eigenvalue weighted by Gasteiger charge is 2.24. The van der Waals surface area contributed by atoms with E-state index in [1.54, 1.807) is 0 Å². The molecule has 0 aliphatic carbocycles. The molecular weight excluding hydrogens is 200 g/mol. The second-order valence-electron chi connectivity index (χ2n) is 5.86. The Hall–Kier alpha value is -1.04. The quantitative estimate of drug-likeness (QED) is 0.798. The highest BCUT2D eigenvalue weighted by molar-refractivity contribution is 5.81. The van der Waals surface area contributed by atoms with Crippen LogP contribution in [-0.4, -0.2) is 12.5 Å². The molecule has 0 aromatic carbocycles. The predicted molar refractivity (Wildman–Crippen MR) is 65.6 cm³/mol. The lowest BCUT2D eigenvalue weighted by atomic mass is 9.82. The molecule has 0 saturated heterocycles. The minimum absolute atomic E-state index is 0.0648. The molecule has 0 heterocycles. The largest absolute Gasteiger partial charge is 0.355 e. The van der Waals surface area contributed by atoms with Gasteiger partial charge in [-0.1, -0.05) is 41.5 Å². The number of nitrogens with one attached hydrogen (secondary N) is 1. The number of nitrogens with zero attached hydrogens (tertiary/aromatic N) is 1. The molecule has 0 aliphatic rings. The van der Waals surface area contributed by atoms with Gasteiger partial charge in [-0.05, 0) is 17.3 Å². The summed E-state index contributed by atoms with van der Waals surface area (Å²) in [6.45, 7) is 13.0. The molecule has 0 bridgehead atoms. The van der Waals surface area contributed by atoms with Crippen LogP contribution in [-0.2, 0) is 4.79 Å². The maximum absolute atomic E-state index is 11.7. The normalized spacial score (nSPS) is 15.4. The standard InChI is InChI=1S/C13H24N2O/c1-9(2)11(7-14)12(16)15-8-10(3)13(4,5)6/h9-11H,8H2,1-6H3,(H,15,16). The van der Waals surface area contributed by atoms with Crippen molar-refractivity contribution in [1.29, 1.82) is 5.26 Å². The molecule has 0 radical (unpaired) electrons. The lowest BCUT2D eigenvalue weighted by Crippen LogP contribution is -2.38. The lowest BCUT2D eigenvalue weighted by Gasteiger charge is -2.27. The number of amides is 1. The van der Waals surface area contributed by atoms with Gasteiger partial charge in [0, 0.05) is 6.54 Å². The topological polar surface area (TPSA) is 52.9 Å². The van der Waals surface area contributed by atoms with Crippen molar-refractivity contribution in [3.05, 3.63) is 0 Å². The summed E-state index contributed by atoms with van der Waals surface area (Å²) in [5.41, 5.74) is 0.174. The van der Waals surface area contributed by atoms with Crippen LogP contribution in [0.5, 0.6) is 0 Å². The molecule has 3 nitrogen and oxygen atoms in total. The van der Waals surface area contributed by atoms with Crippen LogP contribution in [0.2, 0.25) is 0 Å². The summed E-state index contributed by atoms with van der Waals surface area (Å²) in [5, 5.41) is 11.7. The van der Waals surface area contributed by atoms with Gasteiger partial charge in [0.05, 0.1) is 6.07 Å². The summed E-state index contributed by atoms with van der Waals surface area (Å²) in [7, 11) is 0.